The van der Waals surface area contributed by atoms with Crippen LogP contribution >= 0.6 is 15.9 Å². The van der Waals surface area contributed by atoms with Crippen molar-refractivity contribution in [2.45, 2.75) is 6.54 Å². The van der Waals surface area contributed by atoms with Crippen molar-refractivity contribution in [2.75, 3.05) is 0 Å². The van der Waals surface area contributed by atoms with E-state index in [9.17, 15) is 14.9 Å². The Balaban J connectivity index is 2.27. The van der Waals surface area contributed by atoms with Gasteiger partial charge in [-0.15, -0.1) is 0 Å². The molecule has 0 aromatic carbocycles. The standard InChI is InChI=1S/C9H8BrN5O4/c10-6-3-14(13-8(6)15(17)18)4-7-5(1-2-19-7)9(16)12-11/h1-3H,4,11H2,(H,12,16). The monoisotopic (exact) mass is 329 g/mol. The first-order chi connectivity index (χ1) is 9.02. The third kappa shape index (κ3) is 2.63. The molecule has 0 unspecified atom stereocenters. The van der Waals surface area contributed by atoms with Crippen molar-refractivity contribution < 1.29 is 14.1 Å². The van der Waals surface area contributed by atoms with Gasteiger partial charge in [-0.25, -0.2) is 5.84 Å². The van der Waals surface area contributed by atoms with Crippen molar-refractivity contribution in [2.24, 2.45) is 5.84 Å². The summed E-state index contributed by atoms with van der Waals surface area (Å²) in [6.45, 7) is 0.0716. The Bertz CT molecular complexity index is 634. The van der Waals surface area contributed by atoms with Crippen LogP contribution in [0.4, 0.5) is 5.82 Å². The van der Waals surface area contributed by atoms with Gasteiger partial charge in [-0.3, -0.25) is 10.2 Å². The van der Waals surface area contributed by atoms with Gasteiger partial charge in [-0.2, -0.15) is 4.68 Å². The van der Waals surface area contributed by atoms with Gasteiger partial charge in [0.1, 0.15) is 16.8 Å². The second-order valence-electron chi connectivity index (χ2n) is 3.49. The predicted molar refractivity (Wildman–Crippen MR) is 66.0 cm³/mol. The fraction of sp³-hybridized carbons (Fsp3) is 0.111. The first-order valence-corrected chi connectivity index (χ1v) is 5.77. The molecule has 0 saturated heterocycles. The fourth-order valence-electron chi connectivity index (χ4n) is 1.48. The van der Waals surface area contributed by atoms with Crippen LogP contribution in [-0.4, -0.2) is 20.6 Å². The van der Waals surface area contributed by atoms with Gasteiger partial charge in [-0.05, 0) is 26.9 Å². The topological polar surface area (TPSA) is 129 Å². The maximum absolute atomic E-state index is 11.4. The minimum atomic E-state index is -0.615. The molecule has 0 aliphatic heterocycles. The number of nitro groups is 1. The van der Waals surface area contributed by atoms with Gasteiger partial charge in [0.2, 0.25) is 0 Å². The SMILES string of the molecule is NNC(=O)c1ccoc1Cn1cc(Br)c([N+](=O)[O-])n1. The van der Waals surface area contributed by atoms with Crippen LogP contribution in [0.2, 0.25) is 0 Å². The molecule has 0 spiro atoms. The van der Waals surface area contributed by atoms with E-state index in [-0.39, 0.29) is 22.4 Å². The molecular formula is C9H8BrN5O4. The molecule has 0 bridgehead atoms. The van der Waals surface area contributed by atoms with E-state index in [1.807, 2.05) is 5.43 Å². The zero-order chi connectivity index (χ0) is 14.0. The van der Waals surface area contributed by atoms with Crippen LogP contribution in [0.25, 0.3) is 0 Å². The lowest BCUT2D eigenvalue weighted by atomic mass is 10.2. The molecule has 2 aromatic rings. The first kappa shape index (κ1) is 13.2. The molecule has 0 aliphatic rings. The molecule has 2 heterocycles. The largest absolute Gasteiger partial charge is 0.466 e. The average Bonchev–Trinajstić information content (AvgIpc) is 2.95. The number of aromatic nitrogens is 2. The Morgan fingerprint density at radius 3 is 3.00 bits per heavy atom. The Kier molecular flexibility index (Phi) is 3.62. The molecule has 2 aromatic heterocycles. The average molecular weight is 330 g/mol. The summed E-state index contributed by atoms with van der Waals surface area (Å²) in [4.78, 5) is 21.5. The van der Waals surface area contributed by atoms with E-state index >= 15 is 0 Å². The quantitative estimate of drug-likeness (QED) is 0.369. The maximum Gasteiger partial charge on any atom is 0.404 e. The second kappa shape index (κ2) is 5.20. The Labute approximate surface area is 114 Å². The van der Waals surface area contributed by atoms with E-state index in [2.05, 4.69) is 21.0 Å². The number of carbonyl (C=O) groups excluding carboxylic acids is 1. The molecule has 100 valence electrons. The van der Waals surface area contributed by atoms with Crippen LogP contribution in [0.5, 0.6) is 0 Å². The normalized spacial score (nSPS) is 10.4. The number of rotatable bonds is 4. The molecule has 10 heteroatoms. The molecule has 0 atom stereocenters. The summed E-state index contributed by atoms with van der Waals surface area (Å²) >= 11 is 3.03. The highest BCUT2D eigenvalue weighted by molar-refractivity contribution is 9.10. The minimum absolute atomic E-state index is 0.0716. The number of nitrogens with zero attached hydrogens (tertiary/aromatic N) is 3. The van der Waals surface area contributed by atoms with Crippen LogP contribution in [0.1, 0.15) is 16.1 Å². The number of nitrogen functional groups attached to an aromatic ring is 1. The van der Waals surface area contributed by atoms with Crippen LogP contribution in [-0.2, 0) is 6.54 Å². The molecule has 0 aliphatic carbocycles. The van der Waals surface area contributed by atoms with Crippen LogP contribution in [0.15, 0.2) is 27.4 Å². The number of hydrazine groups is 1. The van der Waals surface area contributed by atoms with Gasteiger partial charge in [0.05, 0.1) is 23.1 Å². The number of amides is 1. The lowest BCUT2D eigenvalue weighted by molar-refractivity contribution is -0.390. The summed E-state index contributed by atoms with van der Waals surface area (Å²) in [5, 5.41) is 14.4. The number of nitrogens with two attached hydrogens (primary N) is 1. The molecular weight excluding hydrogens is 322 g/mol. The first-order valence-electron chi connectivity index (χ1n) is 4.97. The van der Waals surface area contributed by atoms with Gasteiger partial charge in [0.25, 0.3) is 5.91 Å². The zero-order valence-corrected chi connectivity index (χ0v) is 11.0. The Hall–Kier alpha value is -2.20. The zero-order valence-electron chi connectivity index (χ0n) is 9.37. The molecule has 19 heavy (non-hydrogen) atoms. The molecule has 0 saturated carbocycles. The summed E-state index contributed by atoms with van der Waals surface area (Å²) in [5.74, 6) is 4.51. The summed E-state index contributed by atoms with van der Waals surface area (Å²) in [6.07, 6.45) is 2.75. The van der Waals surface area contributed by atoms with Crippen molar-refractivity contribution >= 4 is 27.7 Å². The summed E-state index contributed by atoms with van der Waals surface area (Å²) in [6, 6.07) is 1.45. The van der Waals surface area contributed by atoms with Crippen LogP contribution < -0.4 is 11.3 Å². The molecule has 3 N–H and O–H groups in total. The predicted octanol–water partition coefficient (Wildman–Crippen LogP) is 0.799. The van der Waals surface area contributed by atoms with Gasteiger partial charge < -0.3 is 14.5 Å². The van der Waals surface area contributed by atoms with Crippen molar-refractivity contribution in [3.63, 3.8) is 0 Å². The van der Waals surface area contributed by atoms with Crippen molar-refractivity contribution in [1.82, 2.24) is 15.2 Å². The van der Waals surface area contributed by atoms with Crippen molar-refractivity contribution in [3.8, 4) is 0 Å². The second-order valence-corrected chi connectivity index (χ2v) is 4.34. The Morgan fingerprint density at radius 1 is 1.68 bits per heavy atom. The number of nitrogens with one attached hydrogen (secondary N) is 1. The molecule has 2 rings (SSSR count). The van der Waals surface area contributed by atoms with Crippen molar-refractivity contribution in [3.05, 3.63) is 44.4 Å². The third-order valence-corrected chi connectivity index (χ3v) is 2.86. The summed E-state index contributed by atoms with van der Waals surface area (Å²) < 4.78 is 6.67. The van der Waals surface area contributed by atoms with Gasteiger partial charge >= 0.3 is 5.82 Å². The lowest BCUT2D eigenvalue weighted by Gasteiger charge is -1.99. The Morgan fingerprint density at radius 2 is 2.42 bits per heavy atom. The number of furan rings is 1. The summed E-state index contributed by atoms with van der Waals surface area (Å²) in [7, 11) is 0. The molecule has 0 fully saturated rings. The van der Waals surface area contributed by atoms with Crippen molar-refractivity contribution in [1.29, 1.82) is 0 Å². The lowest BCUT2D eigenvalue weighted by Crippen LogP contribution is -2.30. The van der Waals surface area contributed by atoms with E-state index < -0.39 is 10.8 Å². The van der Waals surface area contributed by atoms with E-state index in [0.717, 1.165) is 0 Å². The van der Waals surface area contributed by atoms with Crippen LogP contribution in [0, 0.1) is 10.1 Å². The van der Waals surface area contributed by atoms with Gasteiger partial charge in [0, 0.05) is 0 Å². The minimum Gasteiger partial charge on any atom is -0.466 e. The van der Waals surface area contributed by atoms with E-state index in [4.69, 9.17) is 10.3 Å². The maximum atomic E-state index is 11.4. The van der Waals surface area contributed by atoms with E-state index in [1.54, 1.807) is 0 Å². The smallest absolute Gasteiger partial charge is 0.404 e. The molecule has 9 nitrogen and oxygen atoms in total. The van der Waals surface area contributed by atoms with Gasteiger partial charge in [0.15, 0.2) is 0 Å². The highest BCUT2D eigenvalue weighted by Gasteiger charge is 2.21. The van der Waals surface area contributed by atoms with E-state index in [0.29, 0.717) is 5.76 Å². The fourth-order valence-corrected chi connectivity index (χ4v) is 1.94. The van der Waals surface area contributed by atoms with E-state index in [1.165, 1.54) is 23.2 Å². The summed E-state index contributed by atoms with van der Waals surface area (Å²) in [5.41, 5.74) is 2.23. The molecule has 1 amide bonds. The number of carbonyl (C=O) groups is 1. The highest BCUT2D eigenvalue weighted by Crippen LogP contribution is 2.23. The number of hydrogen-bond acceptors (Lipinski definition) is 6. The third-order valence-electron chi connectivity index (χ3n) is 2.30. The van der Waals surface area contributed by atoms with Gasteiger partial charge in [-0.1, -0.05) is 0 Å². The number of hydrogen-bond donors (Lipinski definition) is 2. The highest BCUT2D eigenvalue weighted by atomic mass is 79.9. The number of halogens is 1. The van der Waals surface area contributed by atoms with Crippen LogP contribution in [0.3, 0.4) is 0 Å². The molecule has 0 radical (unpaired) electrons.